The molecule has 2 heterocycles. The highest BCUT2D eigenvalue weighted by molar-refractivity contribution is 6.32. The second-order valence-corrected chi connectivity index (χ2v) is 9.18. The largest absolute Gasteiger partial charge is 0.497 e. The molecule has 0 atom stereocenters. The van der Waals surface area contributed by atoms with Crippen molar-refractivity contribution in [2.45, 2.75) is 45.7 Å². The number of amides is 1. The predicted molar refractivity (Wildman–Crippen MR) is 132 cm³/mol. The average molecular weight is 476 g/mol. The third kappa shape index (κ3) is 6.48. The van der Waals surface area contributed by atoms with Gasteiger partial charge in [0.1, 0.15) is 12.3 Å². The van der Waals surface area contributed by atoms with Crippen LogP contribution >= 0.6 is 11.6 Å². The van der Waals surface area contributed by atoms with E-state index in [1.807, 2.05) is 44.0 Å². The number of methoxy groups -OCH3 is 1. The highest BCUT2D eigenvalue weighted by Gasteiger charge is 2.22. The number of halogens is 1. The van der Waals surface area contributed by atoms with Crippen LogP contribution in [0, 0.1) is 5.92 Å². The van der Waals surface area contributed by atoms with Crippen LogP contribution in [0.2, 0.25) is 5.15 Å². The van der Waals surface area contributed by atoms with E-state index in [1.54, 1.807) is 13.2 Å². The number of benzene rings is 1. The van der Waals surface area contributed by atoms with E-state index in [0.717, 1.165) is 32.4 Å². The molecule has 1 aliphatic heterocycles. The van der Waals surface area contributed by atoms with Crippen LogP contribution in [-0.4, -0.2) is 55.3 Å². The fourth-order valence-electron chi connectivity index (χ4n) is 4.14. The minimum atomic E-state index is -0.344. The summed E-state index contributed by atoms with van der Waals surface area (Å²) in [6.07, 6.45) is 3.25. The van der Waals surface area contributed by atoms with Gasteiger partial charge in [-0.25, -0.2) is 4.98 Å². The molecule has 0 aliphatic carbocycles. The molecular formula is C24H34ClN5O3. The molecule has 0 saturated carbocycles. The Balaban J connectivity index is 1.98. The zero-order chi connectivity index (χ0) is 24.0. The van der Waals surface area contributed by atoms with Crippen LogP contribution in [0.25, 0.3) is 11.3 Å². The summed E-state index contributed by atoms with van der Waals surface area (Å²) in [7, 11) is 3.42. The molecule has 1 amide bonds. The minimum absolute atomic E-state index is 0.0436. The molecule has 0 spiro atoms. The Morgan fingerprint density at radius 2 is 2.09 bits per heavy atom. The normalized spacial score (nSPS) is 14.4. The smallest absolute Gasteiger partial charge is 0.294 e. The summed E-state index contributed by atoms with van der Waals surface area (Å²) in [6.45, 7) is 6.37. The maximum atomic E-state index is 13.6. The van der Waals surface area contributed by atoms with Crippen LogP contribution in [-0.2, 0) is 11.3 Å². The highest BCUT2D eigenvalue weighted by atomic mass is 35.5. The van der Waals surface area contributed by atoms with Gasteiger partial charge in [0.2, 0.25) is 5.91 Å². The Labute approximate surface area is 200 Å². The zero-order valence-corrected chi connectivity index (χ0v) is 20.6. The van der Waals surface area contributed by atoms with E-state index in [-0.39, 0.29) is 35.0 Å². The van der Waals surface area contributed by atoms with Crippen LogP contribution in [0.1, 0.15) is 33.1 Å². The van der Waals surface area contributed by atoms with E-state index in [2.05, 4.69) is 15.6 Å². The van der Waals surface area contributed by atoms with Gasteiger partial charge in [0.25, 0.3) is 5.56 Å². The number of nitrogens with zero attached hydrogens (tertiary/aromatic N) is 3. The van der Waals surface area contributed by atoms with E-state index >= 15 is 0 Å². The first-order valence-corrected chi connectivity index (χ1v) is 11.8. The number of hydrogen-bond acceptors (Lipinski definition) is 6. The van der Waals surface area contributed by atoms with Crippen molar-refractivity contribution in [2.75, 3.05) is 38.7 Å². The molecule has 2 aromatic rings. The summed E-state index contributed by atoms with van der Waals surface area (Å²) in [5.41, 5.74) is 0.712. The number of carbonyl (C=O) groups is 1. The lowest BCUT2D eigenvalue weighted by Gasteiger charge is -2.26. The number of nitrogens with one attached hydrogen (secondary N) is 2. The Bertz CT molecular complexity index is 1020. The van der Waals surface area contributed by atoms with Gasteiger partial charge in [-0.15, -0.1) is 0 Å². The third-order valence-electron chi connectivity index (χ3n) is 5.89. The number of aromatic nitrogens is 2. The first kappa shape index (κ1) is 25.1. The van der Waals surface area contributed by atoms with Crippen molar-refractivity contribution in [1.82, 2.24) is 20.2 Å². The Kier molecular flexibility index (Phi) is 8.74. The molecule has 9 heteroatoms. The van der Waals surface area contributed by atoms with Crippen molar-refractivity contribution in [3.63, 3.8) is 0 Å². The van der Waals surface area contributed by atoms with Crippen molar-refractivity contribution < 1.29 is 9.53 Å². The van der Waals surface area contributed by atoms with Crippen LogP contribution in [0.4, 0.5) is 5.82 Å². The number of hydrogen-bond donors (Lipinski definition) is 2. The van der Waals surface area contributed by atoms with Crippen molar-refractivity contribution in [2.24, 2.45) is 5.92 Å². The monoisotopic (exact) mass is 475 g/mol. The molecule has 1 aromatic heterocycles. The van der Waals surface area contributed by atoms with Gasteiger partial charge in [-0.1, -0.05) is 23.7 Å². The van der Waals surface area contributed by atoms with Gasteiger partial charge in [-0.3, -0.25) is 14.2 Å². The first-order chi connectivity index (χ1) is 15.8. The zero-order valence-electron chi connectivity index (χ0n) is 19.9. The van der Waals surface area contributed by atoms with E-state index < -0.39 is 0 Å². The van der Waals surface area contributed by atoms with Crippen molar-refractivity contribution in [3.05, 3.63) is 39.8 Å². The number of rotatable bonds is 9. The minimum Gasteiger partial charge on any atom is -0.497 e. The van der Waals surface area contributed by atoms with Gasteiger partial charge in [0, 0.05) is 25.2 Å². The molecule has 1 aromatic carbocycles. The molecule has 8 nitrogen and oxygen atoms in total. The number of carbonyl (C=O) groups excluding carboxylic acids is 1. The van der Waals surface area contributed by atoms with Gasteiger partial charge in [-0.05, 0) is 64.3 Å². The van der Waals surface area contributed by atoms with E-state index in [0.29, 0.717) is 29.5 Å². The summed E-state index contributed by atoms with van der Waals surface area (Å²) in [6, 6.07) is 7.17. The molecule has 1 aliphatic rings. The predicted octanol–water partition coefficient (Wildman–Crippen LogP) is 2.92. The molecule has 3 rings (SSSR count). The molecule has 0 bridgehead atoms. The van der Waals surface area contributed by atoms with Crippen molar-refractivity contribution >= 4 is 23.3 Å². The van der Waals surface area contributed by atoms with Gasteiger partial charge >= 0.3 is 0 Å². The summed E-state index contributed by atoms with van der Waals surface area (Å²) in [5, 5.41) is 6.40. The number of ether oxygens (including phenoxy) is 1. The molecule has 0 unspecified atom stereocenters. The summed E-state index contributed by atoms with van der Waals surface area (Å²) in [5.74, 6) is 1.23. The fraction of sp³-hybridized carbons (Fsp3) is 0.542. The van der Waals surface area contributed by atoms with Crippen LogP contribution in [0.3, 0.4) is 0 Å². The highest BCUT2D eigenvalue weighted by Crippen LogP contribution is 2.29. The molecule has 1 fully saturated rings. The third-order valence-corrected chi connectivity index (χ3v) is 6.16. The first-order valence-electron chi connectivity index (χ1n) is 11.5. The van der Waals surface area contributed by atoms with Crippen LogP contribution in [0.5, 0.6) is 5.75 Å². The molecule has 0 radical (unpaired) electrons. The van der Waals surface area contributed by atoms with Crippen molar-refractivity contribution in [3.8, 4) is 17.0 Å². The lowest BCUT2D eigenvalue weighted by atomic mass is 9.94. The number of anilines is 1. The van der Waals surface area contributed by atoms with Crippen LogP contribution in [0.15, 0.2) is 29.1 Å². The lowest BCUT2D eigenvalue weighted by Crippen LogP contribution is -2.39. The van der Waals surface area contributed by atoms with Crippen molar-refractivity contribution in [1.29, 1.82) is 0 Å². The second-order valence-electron chi connectivity index (χ2n) is 8.82. The van der Waals surface area contributed by atoms with Gasteiger partial charge in [0.05, 0.1) is 12.8 Å². The summed E-state index contributed by atoms with van der Waals surface area (Å²) in [4.78, 5) is 32.5. The Hall–Kier alpha value is -2.58. The maximum absolute atomic E-state index is 13.6. The average Bonchev–Trinajstić information content (AvgIpc) is 2.80. The second kappa shape index (κ2) is 11.5. The van der Waals surface area contributed by atoms with E-state index in [9.17, 15) is 9.59 Å². The summed E-state index contributed by atoms with van der Waals surface area (Å²) >= 11 is 6.64. The summed E-state index contributed by atoms with van der Waals surface area (Å²) < 4.78 is 6.74. The molecule has 1 saturated heterocycles. The molecular weight excluding hydrogens is 442 g/mol. The Morgan fingerprint density at radius 3 is 2.76 bits per heavy atom. The topological polar surface area (TPSA) is 88.5 Å². The standard InChI is InChI=1S/C24H34ClN5O3/c1-16(2)27-20(31)15-30-21(18-6-5-7-19(14-18)33-4)22(25)28-23(24(30)32)29(3)13-10-17-8-11-26-12-9-17/h5-7,14,16-17,26H,8-13,15H2,1-4H3,(H,27,31). The van der Waals surface area contributed by atoms with Gasteiger partial charge in [0.15, 0.2) is 11.0 Å². The van der Waals surface area contributed by atoms with Crippen LogP contribution < -0.4 is 25.8 Å². The van der Waals surface area contributed by atoms with Gasteiger partial charge < -0.3 is 20.3 Å². The maximum Gasteiger partial charge on any atom is 0.294 e. The Morgan fingerprint density at radius 1 is 1.36 bits per heavy atom. The van der Waals surface area contributed by atoms with Gasteiger partial charge in [-0.2, -0.15) is 0 Å². The SMILES string of the molecule is COc1cccc(-c2c(Cl)nc(N(C)CCC3CCNCC3)c(=O)n2CC(=O)NC(C)C)c1. The molecule has 33 heavy (non-hydrogen) atoms. The molecule has 2 N–H and O–H groups in total. The number of piperidine rings is 1. The van der Waals surface area contributed by atoms with E-state index in [1.165, 1.54) is 4.57 Å². The quantitative estimate of drug-likeness (QED) is 0.579. The van der Waals surface area contributed by atoms with E-state index in [4.69, 9.17) is 16.3 Å². The lowest BCUT2D eigenvalue weighted by molar-refractivity contribution is -0.122. The fourth-order valence-corrected chi connectivity index (χ4v) is 4.43. The molecule has 180 valence electrons.